The van der Waals surface area contributed by atoms with E-state index >= 15 is 0 Å². The summed E-state index contributed by atoms with van der Waals surface area (Å²) in [6.07, 6.45) is 0. The van der Waals surface area contributed by atoms with Gasteiger partial charge in [0.25, 0.3) is 11.2 Å². The normalized spacial score (nSPS) is 10.5. The van der Waals surface area contributed by atoms with Crippen molar-refractivity contribution in [2.45, 2.75) is 0 Å². The zero-order valence-corrected chi connectivity index (χ0v) is 9.58. The average Bonchev–Trinajstić information content (AvgIpc) is 2.51. The van der Waals surface area contributed by atoms with Crippen molar-refractivity contribution in [3.05, 3.63) is 32.9 Å². The molecule has 1 heterocycles. The summed E-state index contributed by atoms with van der Waals surface area (Å²) in [5, 5.41) is 3.48. The first-order valence-electron chi connectivity index (χ1n) is 3.61. The maximum Gasteiger partial charge on any atom is 0.264 e. The number of hydrogen-bond donors (Lipinski definition) is 0. The van der Waals surface area contributed by atoms with Crippen LogP contribution in [0.1, 0.15) is 0 Å². The van der Waals surface area contributed by atoms with Crippen LogP contribution in [0.25, 0.3) is 11.5 Å². The molecule has 0 fully saturated rings. The molecule has 0 radical (unpaired) electrons. The molecule has 0 spiro atoms. The second-order valence-electron chi connectivity index (χ2n) is 2.49. The third-order valence-corrected chi connectivity index (χ3v) is 2.61. The largest absolute Gasteiger partial charge is 0.333 e. The van der Waals surface area contributed by atoms with Gasteiger partial charge in [0.2, 0.25) is 0 Å². The molecular formula is C8H3ClFIN2O. The molecule has 0 saturated heterocycles. The Balaban J connectivity index is 2.52. The lowest BCUT2D eigenvalue weighted by atomic mass is 10.2. The Morgan fingerprint density at radius 3 is 2.79 bits per heavy atom. The molecule has 0 saturated carbocycles. The van der Waals surface area contributed by atoms with Gasteiger partial charge in [-0.1, -0.05) is 0 Å². The second-order valence-corrected chi connectivity index (χ2v) is 3.99. The quantitative estimate of drug-likeness (QED) is 0.757. The van der Waals surface area contributed by atoms with Crippen LogP contribution in [-0.4, -0.2) is 10.1 Å². The summed E-state index contributed by atoms with van der Waals surface area (Å²) in [6, 6.07) is 4.28. The Bertz CT molecular complexity index is 474. The van der Waals surface area contributed by atoms with E-state index in [4.69, 9.17) is 16.1 Å². The molecule has 0 atom stereocenters. The van der Waals surface area contributed by atoms with Crippen molar-refractivity contribution in [1.29, 1.82) is 0 Å². The SMILES string of the molecule is Fc1ccc(-c2nc(Cl)no2)c(I)c1. The third kappa shape index (κ3) is 1.88. The van der Waals surface area contributed by atoms with Crippen molar-refractivity contribution < 1.29 is 8.91 Å². The van der Waals surface area contributed by atoms with Crippen molar-refractivity contribution in [1.82, 2.24) is 10.1 Å². The summed E-state index contributed by atoms with van der Waals surface area (Å²) in [6.45, 7) is 0. The van der Waals surface area contributed by atoms with Crippen LogP contribution < -0.4 is 0 Å². The molecule has 72 valence electrons. The van der Waals surface area contributed by atoms with Crippen LogP contribution in [0.4, 0.5) is 4.39 Å². The first-order chi connectivity index (χ1) is 6.66. The molecule has 2 aromatic rings. The van der Waals surface area contributed by atoms with E-state index in [1.807, 2.05) is 22.6 Å². The Morgan fingerprint density at radius 2 is 2.21 bits per heavy atom. The van der Waals surface area contributed by atoms with Crippen LogP contribution in [-0.2, 0) is 0 Å². The maximum absolute atomic E-state index is 12.8. The number of halogens is 3. The minimum atomic E-state index is -0.302. The number of benzene rings is 1. The number of hydrogen-bond acceptors (Lipinski definition) is 3. The van der Waals surface area contributed by atoms with Crippen LogP contribution in [0.2, 0.25) is 5.28 Å². The predicted octanol–water partition coefficient (Wildman–Crippen LogP) is 3.13. The maximum atomic E-state index is 12.8. The van der Waals surface area contributed by atoms with Gasteiger partial charge >= 0.3 is 0 Å². The fraction of sp³-hybridized carbons (Fsp3) is 0. The highest BCUT2D eigenvalue weighted by atomic mass is 127. The van der Waals surface area contributed by atoms with Gasteiger partial charge in [0.1, 0.15) is 5.82 Å². The topological polar surface area (TPSA) is 38.9 Å². The minimum absolute atomic E-state index is 0.0418. The highest BCUT2D eigenvalue weighted by molar-refractivity contribution is 14.1. The Kier molecular flexibility index (Phi) is 2.69. The van der Waals surface area contributed by atoms with Gasteiger partial charge in [-0.15, -0.1) is 0 Å². The van der Waals surface area contributed by atoms with Gasteiger partial charge in [-0.3, -0.25) is 0 Å². The van der Waals surface area contributed by atoms with E-state index in [1.165, 1.54) is 12.1 Å². The Morgan fingerprint density at radius 1 is 1.43 bits per heavy atom. The molecule has 0 unspecified atom stereocenters. The molecule has 14 heavy (non-hydrogen) atoms. The van der Waals surface area contributed by atoms with Crippen LogP contribution in [0, 0.1) is 9.39 Å². The summed E-state index contributed by atoms with van der Waals surface area (Å²) in [7, 11) is 0. The van der Waals surface area contributed by atoms with Crippen LogP contribution in [0.3, 0.4) is 0 Å². The smallest absolute Gasteiger partial charge is 0.264 e. The van der Waals surface area contributed by atoms with Gasteiger partial charge in [-0.25, -0.2) is 4.39 Å². The molecular weight excluding hydrogens is 321 g/mol. The van der Waals surface area contributed by atoms with Gasteiger partial charge in [0.15, 0.2) is 0 Å². The van der Waals surface area contributed by atoms with Crippen molar-refractivity contribution in [2.75, 3.05) is 0 Å². The number of rotatable bonds is 1. The second kappa shape index (κ2) is 3.82. The minimum Gasteiger partial charge on any atom is -0.333 e. The summed E-state index contributed by atoms with van der Waals surface area (Å²) in [4.78, 5) is 3.83. The van der Waals surface area contributed by atoms with E-state index in [9.17, 15) is 4.39 Å². The molecule has 1 aromatic heterocycles. The Hall–Kier alpha value is -0.690. The molecule has 3 nitrogen and oxygen atoms in total. The number of nitrogens with zero attached hydrogens (tertiary/aromatic N) is 2. The van der Waals surface area contributed by atoms with Gasteiger partial charge in [-0.05, 0) is 57.5 Å². The predicted molar refractivity (Wildman–Crippen MR) is 57.4 cm³/mol. The highest BCUT2D eigenvalue weighted by Crippen LogP contribution is 2.24. The average molecular weight is 324 g/mol. The fourth-order valence-electron chi connectivity index (χ4n) is 0.978. The first-order valence-corrected chi connectivity index (χ1v) is 5.07. The van der Waals surface area contributed by atoms with Crippen LogP contribution in [0.5, 0.6) is 0 Å². The van der Waals surface area contributed by atoms with E-state index in [0.29, 0.717) is 15.0 Å². The van der Waals surface area contributed by atoms with Crippen molar-refractivity contribution >= 4 is 34.2 Å². The van der Waals surface area contributed by atoms with Gasteiger partial charge < -0.3 is 4.52 Å². The molecule has 0 N–H and O–H groups in total. The molecule has 2 rings (SSSR count). The molecule has 1 aromatic carbocycles. The molecule has 0 bridgehead atoms. The van der Waals surface area contributed by atoms with Gasteiger partial charge in [0.05, 0.1) is 5.56 Å². The van der Waals surface area contributed by atoms with Crippen molar-refractivity contribution in [3.63, 3.8) is 0 Å². The zero-order chi connectivity index (χ0) is 10.1. The monoisotopic (exact) mass is 324 g/mol. The number of aromatic nitrogens is 2. The highest BCUT2D eigenvalue weighted by Gasteiger charge is 2.11. The van der Waals surface area contributed by atoms with Crippen LogP contribution >= 0.6 is 34.2 Å². The van der Waals surface area contributed by atoms with Gasteiger partial charge in [-0.2, -0.15) is 4.98 Å². The summed E-state index contributed by atoms with van der Waals surface area (Å²) in [5.41, 5.74) is 0.673. The van der Waals surface area contributed by atoms with Crippen molar-refractivity contribution in [3.8, 4) is 11.5 Å². The molecule has 6 heteroatoms. The van der Waals surface area contributed by atoms with Crippen molar-refractivity contribution in [2.24, 2.45) is 0 Å². The lowest BCUT2D eigenvalue weighted by molar-refractivity contribution is 0.430. The summed E-state index contributed by atoms with van der Waals surface area (Å²) >= 11 is 7.49. The molecule has 0 amide bonds. The third-order valence-electron chi connectivity index (χ3n) is 1.56. The van der Waals surface area contributed by atoms with E-state index in [0.717, 1.165) is 0 Å². The van der Waals surface area contributed by atoms with E-state index in [2.05, 4.69) is 10.1 Å². The standard InChI is InChI=1S/C8H3ClFIN2O/c9-8-12-7(14-13-8)5-2-1-4(10)3-6(5)11/h1-3H. The fourth-order valence-corrected chi connectivity index (χ4v) is 1.80. The zero-order valence-electron chi connectivity index (χ0n) is 6.67. The lowest BCUT2D eigenvalue weighted by Crippen LogP contribution is -1.84. The van der Waals surface area contributed by atoms with E-state index in [1.54, 1.807) is 6.07 Å². The Labute approximate surface area is 97.4 Å². The van der Waals surface area contributed by atoms with Crippen LogP contribution in [0.15, 0.2) is 22.7 Å². The molecule has 0 aliphatic heterocycles. The lowest BCUT2D eigenvalue weighted by Gasteiger charge is -1.97. The molecule has 0 aliphatic rings. The van der Waals surface area contributed by atoms with Gasteiger partial charge in [0, 0.05) is 3.57 Å². The first kappa shape index (κ1) is 9.85. The van der Waals surface area contributed by atoms with E-state index < -0.39 is 0 Å². The van der Waals surface area contributed by atoms with E-state index in [-0.39, 0.29) is 11.1 Å². The summed E-state index contributed by atoms with van der Waals surface area (Å²) < 4.78 is 18.3. The molecule has 0 aliphatic carbocycles. The summed E-state index contributed by atoms with van der Waals surface area (Å²) in [5.74, 6) is -0.0110.